The fourth-order valence-electron chi connectivity index (χ4n) is 1.80. The summed E-state index contributed by atoms with van der Waals surface area (Å²) in [6.07, 6.45) is 0. The van der Waals surface area contributed by atoms with Crippen LogP contribution in [0.1, 0.15) is 29.7 Å². The van der Waals surface area contributed by atoms with E-state index in [1.165, 1.54) is 12.1 Å². The van der Waals surface area contributed by atoms with Gasteiger partial charge < -0.3 is 10.5 Å². The van der Waals surface area contributed by atoms with Gasteiger partial charge in [-0.25, -0.2) is 4.39 Å². The van der Waals surface area contributed by atoms with Crippen LogP contribution in [0, 0.1) is 17.1 Å². The van der Waals surface area contributed by atoms with Gasteiger partial charge in [0.15, 0.2) is 0 Å². The van der Waals surface area contributed by atoms with Gasteiger partial charge in [0.25, 0.3) is 0 Å². The molecular weight excluding hydrogens is 255 g/mol. The van der Waals surface area contributed by atoms with Crippen LogP contribution in [0.2, 0.25) is 0 Å². The Balaban J connectivity index is 2.09. The molecule has 2 aromatic rings. The molecule has 0 fully saturated rings. The van der Waals surface area contributed by atoms with Gasteiger partial charge in [-0.3, -0.25) is 0 Å². The molecule has 0 aliphatic rings. The molecule has 0 aromatic heterocycles. The van der Waals surface area contributed by atoms with Crippen LogP contribution in [-0.4, -0.2) is 0 Å². The topological polar surface area (TPSA) is 59.0 Å². The van der Waals surface area contributed by atoms with Crippen molar-refractivity contribution in [1.82, 2.24) is 0 Å². The quantitative estimate of drug-likeness (QED) is 0.927. The van der Waals surface area contributed by atoms with Gasteiger partial charge in [0, 0.05) is 6.04 Å². The van der Waals surface area contributed by atoms with E-state index in [-0.39, 0.29) is 18.2 Å². The van der Waals surface area contributed by atoms with Crippen molar-refractivity contribution in [2.24, 2.45) is 5.73 Å². The second-order valence-corrected chi connectivity index (χ2v) is 4.58. The molecule has 0 aliphatic heterocycles. The van der Waals surface area contributed by atoms with Crippen LogP contribution in [0.4, 0.5) is 4.39 Å². The predicted octanol–water partition coefficient (Wildman–Crippen LogP) is 3.30. The molecular formula is C16H15FN2O. The summed E-state index contributed by atoms with van der Waals surface area (Å²) in [6, 6.07) is 13.6. The number of nitriles is 1. The van der Waals surface area contributed by atoms with Crippen molar-refractivity contribution in [3.05, 3.63) is 65.0 Å². The monoisotopic (exact) mass is 270 g/mol. The van der Waals surface area contributed by atoms with Crippen LogP contribution in [0.3, 0.4) is 0 Å². The first kappa shape index (κ1) is 14.0. The summed E-state index contributed by atoms with van der Waals surface area (Å²) in [5, 5.41) is 8.78. The molecule has 20 heavy (non-hydrogen) atoms. The number of ether oxygens (including phenoxy) is 1. The molecule has 0 saturated carbocycles. The van der Waals surface area contributed by atoms with Gasteiger partial charge in [0.05, 0.1) is 5.56 Å². The van der Waals surface area contributed by atoms with Crippen LogP contribution >= 0.6 is 0 Å². The van der Waals surface area contributed by atoms with E-state index in [2.05, 4.69) is 0 Å². The fourth-order valence-corrected chi connectivity index (χ4v) is 1.80. The van der Waals surface area contributed by atoms with Crippen LogP contribution in [0.5, 0.6) is 5.75 Å². The molecule has 2 aromatic carbocycles. The van der Waals surface area contributed by atoms with Gasteiger partial charge in [0.1, 0.15) is 24.2 Å². The van der Waals surface area contributed by atoms with Crippen molar-refractivity contribution < 1.29 is 9.13 Å². The normalized spacial score (nSPS) is 11.7. The predicted molar refractivity (Wildman–Crippen MR) is 74.5 cm³/mol. The van der Waals surface area contributed by atoms with E-state index in [9.17, 15) is 4.39 Å². The Morgan fingerprint density at radius 2 is 2.10 bits per heavy atom. The SMILES string of the molecule is C[C@H](N)c1cccc(OCc2ccc(F)c(C#N)c2)c1. The maximum absolute atomic E-state index is 13.2. The molecule has 0 bridgehead atoms. The lowest BCUT2D eigenvalue weighted by Gasteiger charge is -2.10. The van der Waals surface area contributed by atoms with Gasteiger partial charge in [-0.15, -0.1) is 0 Å². The molecule has 2 N–H and O–H groups in total. The standard InChI is InChI=1S/C16H15FN2O/c1-11(19)13-3-2-4-15(8-13)20-10-12-5-6-16(17)14(7-12)9-18/h2-8,11H,10,19H2,1H3/t11-/m0/s1. The van der Waals surface area contributed by atoms with Gasteiger partial charge in [-0.1, -0.05) is 18.2 Å². The van der Waals surface area contributed by atoms with Crippen LogP contribution in [0.25, 0.3) is 0 Å². The summed E-state index contributed by atoms with van der Waals surface area (Å²) in [4.78, 5) is 0. The third-order valence-corrected chi connectivity index (χ3v) is 2.94. The van der Waals surface area contributed by atoms with Gasteiger partial charge in [-0.05, 0) is 42.3 Å². The first-order chi connectivity index (χ1) is 9.60. The highest BCUT2D eigenvalue weighted by molar-refractivity contribution is 5.35. The minimum atomic E-state index is -0.518. The Hall–Kier alpha value is -2.38. The number of halogens is 1. The lowest BCUT2D eigenvalue weighted by atomic mass is 10.1. The van der Waals surface area contributed by atoms with Crippen LogP contribution in [0.15, 0.2) is 42.5 Å². The van der Waals surface area contributed by atoms with E-state index in [0.29, 0.717) is 5.75 Å². The van der Waals surface area contributed by atoms with E-state index in [0.717, 1.165) is 11.1 Å². The summed E-state index contributed by atoms with van der Waals surface area (Å²) in [6.45, 7) is 2.18. The molecule has 0 saturated heterocycles. The molecule has 0 radical (unpaired) electrons. The lowest BCUT2D eigenvalue weighted by molar-refractivity contribution is 0.305. The van der Waals surface area contributed by atoms with Crippen molar-refractivity contribution in [3.8, 4) is 11.8 Å². The molecule has 0 unspecified atom stereocenters. The molecule has 1 atom stereocenters. The van der Waals surface area contributed by atoms with Gasteiger partial charge in [0.2, 0.25) is 0 Å². The lowest BCUT2D eigenvalue weighted by Crippen LogP contribution is -2.05. The summed E-state index contributed by atoms with van der Waals surface area (Å²) in [5.41, 5.74) is 7.56. The third kappa shape index (κ3) is 3.34. The minimum Gasteiger partial charge on any atom is -0.489 e. The molecule has 3 nitrogen and oxygen atoms in total. The Labute approximate surface area is 117 Å². The minimum absolute atomic E-state index is 0.0235. The van der Waals surface area contributed by atoms with Crippen LogP contribution in [-0.2, 0) is 6.61 Å². The summed E-state index contributed by atoms with van der Waals surface area (Å²) in [5.74, 6) is 0.179. The second-order valence-electron chi connectivity index (χ2n) is 4.58. The van der Waals surface area contributed by atoms with Crippen molar-refractivity contribution in [3.63, 3.8) is 0 Å². The van der Waals surface area contributed by atoms with E-state index in [1.54, 1.807) is 6.07 Å². The number of nitrogens with two attached hydrogens (primary N) is 1. The zero-order valence-corrected chi connectivity index (χ0v) is 11.1. The number of nitrogens with zero attached hydrogens (tertiary/aromatic N) is 1. The highest BCUT2D eigenvalue weighted by Crippen LogP contribution is 2.19. The fraction of sp³-hybridized carbons (Fsp3) is 0.188. The van der Waals surface area contributed by atoms with Gasteiger partial charge >= 0.3 is 0 Å². The van der Waals surface area contributed by atoms with Crippen molar-refractivity contribution >= 4 is 0 Å². The summed E-state index contributed by atoms with van der Waals surface area (Å²) in [7, 11) is 0. The van der Waals surface area contributed by atoms with Crippen LogP contribution < -0.4 is 10.5 Å². The number of hydrogen-bond donors (Lipinski definition) is 1. The largest absolute Gasteiger partial charge is 0.489 e. The number of rotatable bonds is 4. The molecule has 2 rings (SSSR count). The van der Waals surface area contributed by atoms with E-state index in [4.69, 9.17) is 15.7 Å². The average molecular weight is 270 g/mol. The Kier molecular flexibility index (Phi) is 4.34. The first-order valence-corrected chi connectivity index (χ1v) is 6.27. The average Bonchev–Trinajstić information content (AvgIpc) is 2.46. The van der Waals surface area contributed by atoms with Gasteiger partial charge in [-0.2, -0.15) is 5.26 Å². The molecule has 0 aliphatic carbocycles. The Morgan fingerprint density at radius 1 is 1.30 bits per heavy atom. The van der Waals surface area contributed by atoms with Crippen molar-refractivity contribution in [2.45, 2.75) is 19.6 Å². The highest BCUT2D eigenvalue weighted by atomic mass is 19.1. The molecule has 0 amide bonds. The van der Waals surface area contributed by atoms with E-state index < -0.39 is 5.82 Å². The number of hydrogen-bond acceptors (Lipinski definition) is 3. The second kappa shape index (κ2) is 6.18. The summed E-state index contributed by atoms with van der Waals surface area (Å²) < 4.78 is 18.8. The molecule has 0 spiro atoms. The molecule has 4 heteroatoms. The Morgan fingerprint density at radius 3 is 2.80 bits per heavy atom. The maximum Gasteiger partial charge on any atom is 0.140 e. The highest BCUT2D eigenvalue weighted by Gasteiger charge is 2.05. The number of benzene rings is 2. The third-order valence-electron chi connectivity index (χ3n) is 2.94. The van der Waals surface area contributed by atoms with E-state index in [1.807, 2.05) is 37.3 Å². The van der Waals surface area contributed by atoms with Crippen molar-refractivity contribution in [1.29, 1.82) is 5.26 Å². The first-order valence-electron chi connectivity index (χ1n) is 6.27. The van der Waals surface area contributed by atoms with E-state index >= 15 is 0 Å². The zero-order valence-electron chi connectivity index (χ0n) is 11.1. The maximum atomic E-state index is 13.2. The summed E-state index contributed by atoms with van der Waals surface area (Å²) >= 11 is 0. The van der Waals surface area contributed by atoms with Crippen molar-refractivity contribution in [2.75, 3.05) is 0 Å². The smallest absolute Gasteiger partial charge is 0.140 e. The molecule has 102 valence electrons. The zero-order chi connectivity index (χ0) is 14.5. The molecule has 0 heterocycles. The Bertz CT molecular complexity index is 647.